The Morgan fingerprint density at radius 3 is 2.83 bits per heavy atom. The Kier molecular flexibility index (Phi) is 4.42. The molecule has 0 unspecified atom stereocenters. The molecule has 0 saturated heterocycles. The number of hydrogen-bond donors (Lipinski definition) is 1. The van der Waals surface area contributed by atoms with E-state index in [1.807, 2.05) is 11.4 Å². The number of benzene rings is 1. The Balaban J connectivity index is 2.13. The lowest BCUT2D eigenvalue weighted by Gasteiger charge is -2.03. The number of thioether (sulfide) groups is 1. The van der Waals surface area contributed by atoms with Gasteiger partial charge in [-0.2, -0.15) is 0 Å². The predicted molar refractivity (Wildman–Crippen MR) is 74.9 cm³/mol. The molecule has 2 rings (SSSR count). The van der Waals surface area contributed by atoms with Gasteiger partial charge in [0.1, 0.15) is 5.82 Å². The Labute approximate surface area is 120 Å². The molecule has 0 saturated carbocycles. The summed E-state index contributed by atoms with van der Waals surface area (Å²) in [5.74, 6) is -0.823. The molecule has 1 aromatic carbocycles. The Morgan fingerprint density at radius 2 is 2.22 bits per heavy atom. The summed E-state index contributed by atoms with van der Waals surface area (Å²) in [5, 5.41) is 10.8. The first-order chi connectivity index (χ1) is 8.56. The molecule has 6 heteroatoms. The van der Waals surface area contributed by atoms with E-state index in [1.54, 1.807) is 11.3 Å². The van der Waals surface area contributed by atoms with Crippen LogP contribution in [0.1, 0.15) is 15.9 Å². The van der Waals surface area contributed by atoms with E-state index in [9.17, 15) is 9.18 Å². The summed E-state index contributed by atoms with van der Waals surface area (Å²) in [5.41, 5.74) is 1.18. The van der Waals surface area contributed by atoms with Crippen LogP contribution in [0.25, 0.3) is 0 Å². The van der Waals surface area contributed by atoms with Crippen molar-refractivity contribution in [2.45, 2.75) is 10.6 Å². The van der Waals surface area contributed by atoms with Crippen LogP contribution in [-0.2, 0) is 5.75 Å². The number of hydrogen-bond acceptors (Lipinski definition) is 3. The molecule has 18 heavy (non-hydrogen) atoms. The number of carboxylic acid groups (broad SMARTS) is 1. The maximum absolute atomic E-state index is 13.5. The van der Waals surface area contributed by atoms with Crippen molar-refractivity contribution in [3.8, 4) is 0 Å². The minimum atomic E-state index is -1.05. The molecular weight excluding hydrogens is 339 g/mol. The highest BCUT2D eigenvalue weighted by Gasteiger charge is 2.09. The zero-order valence-electron chi connectivity index (χ0n) is 9.02. The van der Waals surface area contributed by atoms with Gasteiger partial charge < -0.3 is 5.11 Å². The smallest absolute Gasteiger partial charge is 0.335 e. The molecule has 0 aliphatic rings. The first kappa shape index (κ1) is 13.6. The van der Waals surface area contributed by atoms with Gasteiger partial charge in [-0.1, -0.05) is 0 Å². The van der Waals surface area contributed by atoms with Crippen LogP contribution in [0, 0.1) is 5.82 Å². The Bertz CT molecular complexity index is 583. The zero-order valence-corrected chi connectivity index (χ0v) is 12.2. The highest BCUT2D eigenvalue weighted by atomic mass is 79.9. The number of aromatic carboxylic acids is 1. The summed E-state index contributed by atoms with van der Waals surface area (Å²) in [4.78, 5) is 11.2. The standard InChI is InChI=1S/C12H8BrFO2S2/c13-11-3-7(6-18-11)5-17-10-4-8(12(15)16)1-2-9(10)14/h1-4,6H,5H2,(H,15,16). The van der Waals surface area contributed by atoms with E-state index in [0.717, 1.165) is 9.35 Å². The van der Waals surface area contributed by atoms with Crippen LogP contribution in [0.2, 0.25) is 0 Å². The Morgan fingerprint density at radius 1 is 1.44 bits per heavy atom. The lowest BCUT2D eigenvalue weighted by atomic mass is 10.2. The molecule has 94 valence electrons. The van der Waals surface area contributed by atoms with Gasteiger partial charge >= 0.3 is 5.97 Å². The maximum atomic E-state index is 13.5. The molecule has 1 heterocycles. The van der Waals surface area contributed by atoms with Crippen molar-refractivity contribution >= 4 is 45.0 Å². The fourth-order valence-corrected chi connectivity index (χ4v) is 3.55. The van der Waals surface area contributed by atoms with Crippen molar-refractivity contribution in [1.82, 2.24) is 0 Å². The monoisotopic (exact) mass is 346 g/mol. The fraction of sp³-hybridized carbons (Fsp3) is 0.0833. The van der Waals surface area contributed by atoms with E-state index in [-0.39, 0.29) is 11.4 Å². The molecule has 2 aromatic rings. The average Bonchev–Trinajstić information content (AvgIpc) is 2.74. The minimum Gasteiger partial charge on any atom is -0.478 e. The SMILES string of the molecule is O=C(O)c1ccc(F)c(SCc2csc(Br)c2)c1. The molecule has 0 amide bonds. The number of rotatable bonds is 4. The normalized spacial score (nSPS) is 10.6. The van der Waals surface area contributed by atoms with Gasteiger partial charge in [-0.3, -0.25) is 0 Å². The third-order valence-electron chi connectivity index (χ3n) is 2.19. The third-order valence-corrected chi connectivity index (χ3v) is 4.85. The second-order valence-corrected chi connectivity index (χ2v) is 6.81. The van der Waals surface area contributed by atoms with E-state index in [0.29, 0.717) is 10.6 Å². The van der Waals surface area contributed by atoms with Gasteiger partial charge in [-0.15, -0.1) is 23.1 Å². The number of carboxylic acids is 1. The number of thiophene rings is 1. The van der Waals surface area contributed by atoms with Gasteiger partial charge in [-0.25, -0.2) is 9.18 Å². The van der Waals surface area contributed by atoms with E-state index in [2.05, 4.69) is 15.9 Å². The molecule has 0 spiro atoms. The van der Waals surface area contributed by atoms with Crippen LogP contribution >= 0.6 is 39.0 Å². The van der Waals surface area contributed by atoms with Crippen LogP contribution in [0.4, 0.5) is 4.39 Å². The lowest BCUT2D eigenvalue weighted by molar-refractivity contribution is 0.0696. The van der Waals surface area contributed by atoms with Gasteiger partial charge in [0.15, 0.2) is 0 Å². The Hall–Kier alpha value is -0.850. The summed E-state index contributed by atoms with van der Waals surface area (Å²) in [7, 11) is 0. The third kappa shape index (κ3) is 3.34. The van der Waals surface area contributed by atoms with Crippen molar-refractivity contribution in [1.29, 1.82) is 0 Å². The summed E-state index contributed by atoms with van der Waals surface area (Å²) >= 11 is 6.22. The molecule has 0 bridgehead atoms. The lowest BCUT2D eigenvalue weighted by Crippen LogP contribution is -1.97. The molecule has 0 atom stereocenters. The summed E-state index contributed by atoms with van der Waals surface area (Å²) in [6.07, 6.45) is 0. The molecule has 0 radical (unpaired) electrons. The van der Waals surface area contributed by atoms with Gasteiger partial charge in [-0.05, 0) is 51.1 Å². The van der Waals surface area contributed by atoms with Crippen molar-refractivity contribution in [2.75, 3.05) is 0 Å². The van der Waals surface area contributed by atoms with E-state index in [1.165, 1.54) is 30.0 Å². The van der Waals surface area contributed by atoms with Crippen LogP contribution in [-0.4, -0.2) is 11.1 Å². The van der Waals surface area contributed by atoms with E-state index < -0.39 is 5.97 Å². The molecule has 0 aliphatic carbocycles. The second-order valence-electron chi connectivity index (χ2n) is 3.50. The highest BCUT2D eigenvalue weighted by Crippen LogP contribution is 2.29. The van der Waals surface area contributed by atoms with E-state index in [4.69, 9.17) is 5.11 Å². The quantitative estimate of drug-likeness (QED) is 0.819. The number of carbonyl (C=O) groups is 1. The van der Waals surface area contributed by atoms with Gasteiger partial charge in [0.2, 0.25) is 0 Å². The van der Waals surface area contributed by atoms with Crippen LogP contribution in [0.15, 0.2) is 38.3 Å². The van der Waals surface area contributed by atoms with Crippen molar-refractivity contribution < 1.29 is 14.3 Å². The molecule has 0 aliphatic heterocycles. The van der Waals surface area contributed by atoms with Crippen LogP contribution < -0.4 is 0 Å². The van der Waals surface area contributed by atoms with Gasteiger partial charge in [0.25, 0.3) is 0 Å². The molecule has 1 N–H and O–H groups in total. The topological polar surface area (TPSA) is 37.3 Å². The summed E-state index contributed by atoms with van der Waals surface area (Å²) < 4.78 is 14.5. The average molecular weight is 347 g/mol. The fourth-order valence-electron chi connectivity index (χ4n) is 1.33. The van der Waals surface area contributed by atoms with E-state index >= 15 is 0 Å². The largest absolute Gasteiger partial charge is 0.478 e. The molecule has 1 aromatic heterocycles. The predicted octanol–water partition coefficient (Wildman–Crippen LogP) is 4.64. The summed E-state index contributed by atoms with van der Waals surface area (Å²) in [6.45, 7) is 0. The van der Waals surface area contributed by atoms with Crippen molar-refractivity contribution in [2.24, 2.45) is 0 Å². The summed E-state index contributed by atoms with van der Waals surface area (Å²) in [6, 6.07) is 5.79. The first-order valence-corrected chi connectivity index (χ1v) is 7.60. The van der Waals surface area contributed by atoms with Crippen molar-refractivity contribution in [3.63, 3.8) is 0 Å². The minimum absolute atomic E-state index is 0.102. The highest BCUT2D eigenvalue weighted by molar-refractivity contribution is 9.11. The van der Waals surface area contributed by atoms with Crippen LogP contribution in [0.5, 0.6) is 0 Å². The molecular formula is C12H8BrFO2S2. The van der Waals surface area contributed by atoms with Crippen LogP contribution in [0.3, 0.4) is 0 Å². The van der Waals surface area contributed by atoms with Crippen molar-refractivity contribution in [3.05, 3.63) is 50.4 Å². The number of halogens is 2. The molecule has 0 fully saturated rings. The van der Waals surface area contributed by atoms with Gasteiger partial charge in [0, 0.05) is 10.6 Å². The molecule has 2 nitrogen and oxygen atoms in total. The first-order valence-electron chi connectivity index (χ1n) is 4.95. The van der Waals surface area contributed by atoms with Gasteiger partial charge in [0.05, 0.1) is 9.35 Å². The zero-order chi connectivity index (χ0) is 13.1. The second kappa shape index (κ2) is 5.86. The maximum Gasteiger partial charge on any atom is 0.335 e.